The minimum atomic E-state index is -0.0207. The molecule has 1 rings (SSSR count). The van der Waals surface area contributed by atoms with Crippen molar-refractivity contribution in [3.05, 3.63) is 29.3 Å². The molecule has 84 valence electrons. The Balaban J connectivity index is 2.95. The highest BCUT2D eigenvalue weighted by Crippen LogP contribution is 2.31. The van der Waals surface area contributed by atoms with Gasteiger partial charge in [-0.2, -0.15) is 0 Å². The molecule has 0 amide bonds. The molecular weight excluding hydrogens is 188 g/mol. The summed E-state index contributed by atoms with van der Waals surface area (Å²) in [5, 5.41) is 9.76. The summed E-state index contributed by atoms with van der Waals surface area (Å²) in [6.07, 6.45) is 0.889. The highest BCUT2D eigenvalue weighted by molar-refractivity contribution is 5.40. The molecule has 2 heteroatoms. The van der Waals surface area contributed by atoms with E-state index in [1.165, 1.54) is 5.56 Å². The number of hydrogen-bond acceptors (Lipinski definition) is 2. The van der Waals surface area contributed by atoms with Gasteiger partial charge >= 0.3 is 0 Å². The number of phenolic OH excluding ortho intramolecular Hbond substituents is 1. The van der Waals surface area contributed by atoms with Gasteiger partial charge < -0.3 is 9.84 Å². The summed E-state index contributed by atoms with van der Waals surface area (Å²) in [7, 11) is 1.70. The molecule has 0 saturated heterocycles. The van der Waals surface area contributed by atoms with Crippen LogP contribution >= 0.6 is 0 Å². The standard InChI is InChI=1S/C13H20O2/c1-13(2,3)11-9-10(7-8-15-4)5-6-12(11)14/h5-6,9,14H,7-8H2,1-4H3. The summed E-state index contributed by atoms with van der Waals surface area (Å²) in [6.45, 7) is 7.01. The van der Waals surface area contributed by atoms with Gasteiger partial charge in [-0.25, -0.2) is 0 Å². The first-order valence-corrected chi connectivity index (χ1v) is 5.26. The van der Waals surface area contributed by atoms with Crippen LogP contribution in [-0.4, -0.2) is 18.8 Å². The SMILES string of the molecule is COCCc1ccc(O)c(C(C)(C)C)c1. The van der Waals surface area contributed by atoms with E-state index in [1.807, 2.05) is 6.07 Å². The fraction of sp³-hybridized carbons (Fsp3) is 0.538. The Morgan fingerprint density at radius 1 is 1.27 bits per heavy atom. The Hall–Kier alpha value is -1.02. The largest absolute Gasteiger partial charge is 0.508 e. The second-order valence-electron chi connectivity index (χ2n) is 4.84. The molecule has 0 aliphatic heterocycles. The van der Waals surface area contributed by atoms with Crippen molar-refractivity contribution in [3.8, 4) is 5.75 Å². The lowest BCUT2D eigenvalue weighted by Gasteiger charge is -2.21. The van der Waals surface area contributed by atoms with Crippen molar-refractivity contribution in [2.75, 3.05) is 13.7 Å². The number of rotatable bonds is 3. The predicted octanol–water partition coefficient (Wildman–Crippen LogP) is 2.88. The predicted molar refractivity (Wildman–Crippen MR) is 62.4 cm³/mol. The summed E-state index contributed by atoms with van der Waals surface area (Å²) in [5.74, 6) is 0.378. The van der Waals surface area contributed by atoms with Crippen molar-refractivity contribution in [1.29, 1.82) is 0 Å². The van der Waals surface area contributed by atoms with E-state index >= 15 is 0 Å². The van der Waals surface area contributed by atoms with E-state index < -0.39 is 0 Å². The first-order valence-electron chi connectivity index (χ1n) is 5.26. The summed E-state index contributed by atoms with van der Waals surface area (Å²) in [6, 6.07) is 5.78. The maximum Gasteiger partial charge on any atom is 0.119 e. The van der Waals surface area contributed by atoms with Gasteiger partial charge in [-0.1, -0.05) is 32.9 Å². The van der Waals surface area contributed by atoms with Crippen LogP contribution < -0.4 is 0 Å². The second-order valence-corrected chi connectivity index (χ2v) is 4.84. The zero-order valence-electron chi connectivity index (χ0n) is 10.0. The highest BCUT2D eigenvalue weighted by atomic mass is 16.5. The van der Waals surface area contributed by atoms with E-state index in [-0.39, 0.29) is 5.41 Å². The smallest absolute Gasteiger partial charge is 0.119 e. The van der Waals surface area contributed by atoms with E-state index in [0.717, 1.165) is 12.0 Å². The van der Waals surface area contributed by atoms with Crippen LogP contribution in [0.5, 0.6) is 5.75 Å². The summed E-state index contributed by atoms with van der Waals surface area (Å²) < 4.78 is 5.04. The van der Waals surface area contributed by atoms with Gasteiger partial charge in [-0.15, -0.1) is 0 Å². The van der Waals surface area contributed by atoms with E-state index in [2.05, 4.69) is 26.8 Å². The molecule has 2 nitrogen and oxygen atoms in total. The van der Waals surface area contributed by atoms with Crippen molar-refractivity contribution in [2.45, 2.75) is 32.6 Å². The van der Waals surface area contributed by atoms with Crippen LogP contribution in [0.2, 0.25) is 0 Å². The number of aromatic hydroxyl groups is 1. The average Bonchev–Trinajstić information content (AvgIpc) is 2.15. The fourth-order valence-electron chi connectivity index (χ4n) is 1.56. The fourth-order valence-corrected chi connectivity index (χ4v) is 1.56. The Kier molecular flexibility index (Phi) is 3.75. The van der Waals surface area contributed by atoms with Crippen LogP contribution in [0, 0.1) is 0 Å². The van der Waals surface area contributed by atoms with Crippen LogP contribution in [0.4, 0.5) is 0 Å². The molecular formula is C13H20O2. The van der Waals surface area contributed by atoms with Gasteiger partial charge in [0.15, 0.2) is 0 Å². The number of hydrogen-bond donors (Lipinski definition) is 1. The summed E-state index contributed by atoms with van der Waals surface area (Å²) >= 11 is 0. The Morgan fingerprint density at radius 2 is 1.93 bits per heavy atom. The lowest BCUT2D eigenvalue weighted by Crippen LogP contribution is -2.12. The third-order valence-electron chi connectivity index (χ3n) is 2.46. The molecule has 0 bridgehead atoms. The van der Waals surface area contributed by atoms with Crippen molar-refractivity contribution in [1.82, 2.24) is 0 Å². The first kappa shape index (κ1) is 12.1. The van der Waals surface area contributed by atoms with E-state index in [9.17, 15) is 5.11 Å². The molecule has 0 aliphatic rings. The molecule has 0 unspecified atom stereocenters. The molecule has 0 saturated carbocycles. The van der Waals surface area contributed by atoms with Crippen molar-refractivity contribution in [2.24, 2.45) is 0 Å². The number of methoxy groups -OCH3 is 1. The average molecular weight is 208 g/mol. The van der Waals surface area contributed by atoms with E-state index in [4.69, 9.17) is 4.74 Å². The third-order valence-corrected chi connectivity index (χ3v) is 2.46. The molecule has 1 aromatic carbocycles. The third kappa shape index (κ3) is 3.24. The molecule has 0 aromatic heterocycles. The summed E-state index contributed by atoms with van der Waals surface area (Å²) in [4.78, 5) is 0. The Morgan fingerprint density at radius 3 is 2.47 bits per heavy atom. The Bertz CT molecular complexity index is 324. The summed E-state index contributed by atoms with van der Waals surface area (Å²) in [5.41, 5.74) is 2.18. The maximum absolute atomic E-state index is 9.76. The number of benzene rings is 1. The van der Waals surface area contributed by atoms with E-state index in [0.29, 0.717) is 12.4 Å². The van der Waals surface area contributed by atoms with Crippen LogP contribution in [-0.2, 0) is 16.6 Å². The molecule has 0 spiro atoms. The van der Waals surface area contributed by atoms with Crippen LogP contribution in [0.15, 0.2) is 18.2 Å². The molecule has 1 aromatic rings. The molecule has 0 fully saturated rings. The zero-order valence-corrected chi connectivity index (χ0v) is 10.0. The number of phenols is 1. The van der Waals surface area contributed by atoms with E-state index in [1.54, 1.807) is 13.2 Å². The Labute approximate surface area is 91.9 Å². The minimum Gasteiger partial charge on any atom is -0.508 e. The maximum atomic E-state index is 9.76. The van der Waals surface area contributed by atoms with Gasteiger partial charge in [0.2, 0.25) is 0 Å². The molecule has 0 radical (unpaired) electrons. The normalized spacial score (nSPS) is 11.7. The monoisotopic (exact) mass is 208 g/mol. The minimum absolute atomic E-state index is 0.0207. The molecule has 0 atom stereocenters. The highest BCUT2D eigenvalue weighted by Gasteiger charge is 2.18. The molecule has 15 heavy (non-hydrogen) atoms. The van der Waals surface area contributed by atoms with Crippen LogP contribution in [0.3, 0.4) is 0 Å². The van der Waals surface area contributed by atoms with Crippen molar-refractivity contribution < 1.29 is 9.84 Å². The topological polar surface area (TPSA) is 29.5 Å². The second kappa shape index (κ2) is 4.67. The van der Waals surface area contributed by atoms with Gasteiger partial charge in [-0.05, 0) is 29.0 Å². The molecule has 0 heterocycles. The quantitative estimate of drug-likeness (QED) is 0.827. The van der Waals surface area contributed by atoms with Crippen LogP contribution in [0.1, 0.15) is 31.9 Å². The van der Waals surface area contributed by atoms with Gasteiger partial charge in [0.25, 0.3) is 0 Å². The van der Waals surface area contributed by atoms with Crippen molar-refractivity contribution in [3.63, 3.8) is 0 Å². The zero-order chi connectivity index (χ0) is 11.5. The molecule has 1 N–H and O–H groups in total. The lowest BCUT2D eigenvalue weighted by atomic mass is 9.85. The van der Waals surface area contributed by atoms with Gasteiger partial charge in [0.1, 0.15) is 5.75 Å². The first-order chi connectivity index (χ1) is 6.95. The molecule has 0 aliphatic carbocycles. The number of ether oxygens (including phenoxy) is 1. The van der Waals surface area contributed by atoms with Crippen LogP contribution in [0.25, 0.3) is 0 Å². The van der Waals surface area contributed by atoms with Gasteiger partial charge in [-0.3, -0.25) is 0 Å². The van der Waals surface area contributed by atoms with Gasteiger partial charge in [0, 0.05) is 7.11 Å². The lowest BCUT2D eigenvalue weighted by molar-refractivity contribution is 0.202. The van der Waals surface area contributed by atoms with Crippen molar-refractivity contribution >= 4 is 0 Å². The van der Waals surface area contributed by atoms with Gasteiger partial charge in [0.05, 0.1) is 6.61 Å².